The molecule has 2 aromatic rings. The van der Waals surface area contributed by atoms with Gasteiger partial charge in [-0.2, -0.15) is 0 Å². The fourth-order valence-corrected chi connectivity index (χ4v) is 2.66. The molecule has 1 aromatic heterocycles. The lowest BCUT2D eigenvalue weighted by molar-refractivity contribution is 1.14. The molecule has 1 atom stereocenters. The molecule has 0 radical (unpaired) electrons. The maximum absolute atomic E-state index is 6.44. The van der Waals surface area contributed by atoms with E-state index in [1.54, 1.807) is 0 Å². The normalized spacial score (nSPS) is 17.3. The molecule has 0 fully saturated rings. The van der Waals surface area contributed by atoms with Crippen LogP contribution in [0.5, 0.6) is 0 Å². The minimum atomic E-state index is -0.0371. The van der Waals surface area contributed by atoms with Gasteiger partial charge in [0.05, 0.1) is 11.1 Å². The molecule has 0 N–H and O–H groups in total. The third kappa shape index (κ3) is 1.13. The monoisotopic (exact) mass is 215 g/mol. The van der Waals surface area contributed by atoms with Crippen LogP contribution in [0.2, 0.25) is 0 Å². The number of pyridine rings is 1. The first-order valence-electron chi connectivity index (χ1n) is 4.98. The summed E-state index contributed by atoms with van der Waals surface area (Å²) in [4.78, 5) is 4.43. The van der Waals surface area contributed by atoms with E-state index in [1.165, 1.54) is 22.3 Å². The van der Waals surface area contributed by atoms with E-state index in [-0.39, 0.29) is 5.38 Å². The summed E-state index contributed by atoms with van der Waals surface area (Å²) >= 11 is 6.44. The number of nitrogens with zero attached hydrogens (tertiary/aromatic N) is 1. The number of rotatable bonds is 0. The molecule has 15 heavy (non-hydrogen) atoms. The van der Waals surface area contributed by atoms with Gasteiger partial charge in [-0.15, -0.1) is 11.6 Å². The van der Waals surface area contributed by atoms with Crippen molar-refractivity contribution in [1.29, 1.82) is 0 Å². The molecule has 1 aliphatic rings. The van der Waals surface area contributed by atoms with Crippen LogP contribution in [0.15, 0.2) is 36.5 Å². The highest BCUT2D eigenvalue weighted by Crippen LogP contribution is 2.46. The number of halogens is 1. The van der Waals surface area contributed by atoms with Gasteiger partial charge in [0.2, 0.25) is 0 Å². The standard InChI is InChI=1S/C13H10ClN/c1-8-6-7-15-13-10-5-3-2-4-9(10)12(14)11(8)13/h2-7,12H,1H3. The van der Waals surface area contributed by atoms with Crippen molar-refractivity contribution in [2.24, 2.45) is 0 Å². The van der Waals surface area contributed by atoms with Crippen LogP contribution in [0.4, 0.5) is 0 Å². The van der Waals surface area contributed by atoms with E-state index >= 15 is 0 Å². The van der Waals surface area contributed by atoms with E-state index in [9.17, 15) is 0 Å². The molecule has 0 saturated carbocycles. The SMILES string of the molecule is Cc1ccnc2c1C(Cl)c1ccccc1-2. The predicted octanol–water partition coefficient (Wildman–Crippen LogP) is 3.70. The van der Waals surface area contributed by atoms with Crippen molar-refractivity contribution in [3.63, 3.8) is 0 Å². The highest BCUT2D eigenvalue weighted by atomic mass is 35.5. The Morgan fingerprint density at radius 3 is 2.87 bits per heavy atom. The van der Waals surface area contributed by atoms with Gasteiger partial charge in [-0.1, -0.05) is 24.3 Å². The maximum Gasteiger partial charge on any atom is 0.0865 e. The second-order valence-corrected chi connectivity index (χ2v) is 4.28. The number of alkyl halides is 1. The first-order chi connectivity index (χ1) is 7.29. The largest absolute Gasteiger partial charge is 0.256 e. The summed E-state index contributed by atoms with van der Waals surface area (Å²) in [7, 11) is 0. The van der Waals surface area contributed by atoms with Crippen LogP contribution >= 0.6 is 11.6 Å². The zero-order valence-corrected chi connectivity index (χ0v) is 9.12. The number of aromatic nitrogens is 1. The molecule has 3 rings (SSSR count). The summed E-state index contributed by atoms with van der Waals surface area (Å²) in [5.74, 6) is 0. The molecule has 1 unspecified atom stereocenters. The fourth-order valence-electron chi connectivity index (χ4n) is 2.19. The molecule has 0 saturated heterocycles. The van der Waals surface area contributed by atoms with Gasteiger partial charge in [-0.25, -0.2) is 0 Å². The third-order valence-electron chi connectivity index (χ3n) is 2.95. The predicted molar refractivity (Wildman–Crippen MR) is 62.1 cm³/mol. The summed E-state index contributed by atoms with van der Waals surface area (Å²) in [5, 5.41) is -0.0371. The summed E-state index contributed by atoms with van der Waals surface area (Å²) in [5.41, 5.74) is 5.79. The third-order valence-corrected chi connectivity index (χ3v) is 3.40. The second kappa shape index (κ2) is 3.07. The maximum atomic E-state index is 6.44. The van der Waals surface area contributed by atoms with Crippen LogP contribution in [0.1, 0.15) is 22.1 Å². The first-order valence-corrected chi connectivity index (χ1v) is 5.41. The number of hydrogen-bond donors (Lipinski definition) is 0. The highest BCUT2D eigenvalue weighted by Gasteiger charge is 2.28. The second-order valence-electron chi connectivity index (χ2n) is 3.84. The van der Waals surface area contributed by atoms with Crippen molar-refractivity contribution in [1.82, 2.24) is 4.98 Å². The number of hydrogen-bond acceptors (Lipinski definition) is 1. The Morgan fingerprint density at radius 1 is 1.20 bits per heavy atom. The molecule has 0 amide bonds. The molecule has 1 nitrogen and oxygen atoms in total. The minimum absolute atomic E-state index is 0.0371. The molecule has 0 spiro atoms. The highest BCUT2D eigenvalue weighted by molar-refractivity contribution is 6.24. The molecule has 1 aliphatic carbocycles. The van der Waals surface area contributed by atoms with Gasteiger partial charge in [0.15, 0.2) is 0 Å². The lowest BCUT2D eigenvalue weighted by Crippen LogP contribution is -1.91. The van der Waals surface area contributed by atoms with Crippen LogP contribution in [0, 0.1) is 6.92 Å². The van der Waals surface area contributed by atoms with Crippen molar-refractivity contribution in [3.05, 3.63) is 53.2 Å². The number of benzene rings is 1. The Labute approximate surface area is 93.7 Å². The Hall–Kier alpha value is -1.34. The minimum Gasteiger partial charge on any atom is -0.256 e. The first kappa shape index (κ1) is 8.93. The topological polar surface area (TPSA) is 12.9 Å². The molecule has 0 aliphatic heterocycles. The van der Waals surface area contributed by atoms with Gasteiger partial charge < -0.3 is 0 Å². The van der Waals surface area contributed by atoms with Gasteiger partial charge in [-0.3, -0.25) is 4.98 Å². The van der Waals surface area contributed by atoms with Gasteiger partial charge in [-0.05, 0) is 24.1 Å². The fraction of sp³-hybridized carbons (Fsp3) is 0.154. The van der Waals surface area contributed by atoms with Crippen molar-refractivity contribution in [2.45, 2.75) is 12.3 Å². The summed E-state index contributed by atoms with van der Waals surface area (Å²) < 4.78 is 0. The van der Waals surface area contributed by atoms with Crippen molar-refractivity contribution < 1.29 is 0 Å². The van der Waals surface area contributed by atoms with Gasteiger partial charge >= 0.3 is 0 Å². The van der Waals surface area contributed by atoms with Crippen LogP contribution in [0.3, 0.4) is 0 Å². The Morgan fingerprint density at radius 2 is 2.00 bits per heavy atom. The van der Waals surface area contributed by atoms with Crippen LogP contribution in [-0.4, -0.2) is 4.98 Å². The molecule has 2 heteroatoms. The average molecular weight is 216 g/mol. The van der Waals surface area contributed by atoms with Gasteiger partial charge in [0.1, 0.15) is 0 Å². The smallest absolute Gasteiger partial charge is 0.0865 e. The molecule has 0 bridgehead atoms. The van der Waals surface area contributed by atoms with Crippen molar-refractivity contribution >= 4 is 11.6 Å². The van der Waals surface area contributed by atoms with Crippen molar-refractivity contribution in [3.8, 4) is 11.3 Å². The molecular formula is C13H10ClN. The van der Waals surface area contributed by atoms with E-state index < -0.39 is 0 Å². The summed E-state index contributed by atoms with van der Waals surface area (Å²) in [6.45, 7) is 2.09. The summed E-state index contributed by atoms with van der Waals surface area (Å²) in [6.07, 6.45) is 1.85. The zero-order valence-electron chi connectivity index (χ0n) is 8.37. The van der Waals surface area contributed by atoms with E-state index in [1.807, 2.05) is 24.4 Å². The van der Waals surface area contributed by atoms with Crippen molar-refractivity contribution in [2.75, 3.05) is 0 Å². The number of aryl methyl sites for hydroxylation is 1. The van der Waals surface area contributed by atoms with E-state index in [4.69, 9.17) is 11.6 Å². The Bertz CT molecular complexity index is 534. The van der Waals surface area contributed by atoms with E-state index in [0.29, 0.717) is 0 Å². The zero-order chi connectivity index (χ0) is 10.4. The van der Waals surface area contributed by atoms with Crippen LogP contribution in [0.25, 0.3) is 11.3 Å². The van der Waals surface area contributed by atoms with E-state index in [2.05, 4.69) is 24.0 Å². The molecular weight excluding hydrogens is 206 g/mol. The Balaban J connectivity index is 2.37. The quantitative estimate of drug-likeness (QED) is 0.611. The van der Waals surface area contributed by atoms with E-state index in [0.717, 1.165) is 5.69 Å². The van der Waals surface area contributed by atoms with Crippen LogP contribution < -0.4 is 0 Å². The molecule has 1 heterocycles. The van der Waals surface area contributed by atoms with Gasteiger partial charge in [0.25, 0.3) is 0 Å². The summed E-state index contributed by atoms with van der Waals surface area (Å²) in [6, 6.07) is 10.2. The molecule has 74 valence electrons. The lowest BCUT2D eigenvalue weighted by atomic mass is 10.1. The van der Waals surface area contributed by atoms with Gasteiger partial charge in [0, 0.05) is 17.3 Å². The van der Waals surface area contributed by atoms with Crippen LogP contribution in [-0.2, 0) is 0 Å². The molecule has 1 aromatic carbocycles. The average Bonchev–Trinajstić information content (AvgIpc) is 2.55. The lowest BCUT2D eigenvalue weighted by Gasteiger charge is -2.06. The number of fused-ring (bicyclic) bond motifs is 3. The Kier molecular flexibility index (Phi) is 1.83.